The first-order chi connectivity index (χ1) is 9.95. The van der Waals surface area contributed by atoms with Crippen molar-refractivity contribution >= 4 is 27.3 Å². The summed E-state index contributed by atoms with van der Waals surface area (Å²) in [5.41, 5.74) is 2.29. The molecule has 0 bridgehead atoms. The number of halogens is 1. The third-order valence-corrected chi connectivity index (χ3v) is 4.94. The molecule has 0 aliphatic rings. The van der Waals surface area contributed by atoms with E-state index in [0.29, 0.717) is 11.1 Å². The Hall–Kier alpha value is -0.980. The number of hydrogen-bond acceptors (Lipinski definition) is 5. The summed E-state index contributed by atoms with van der Waals surface area (Å²) in [5, 5.41) is 13.1. The van der Waals surface area contributed by atoms with Crippen LogP contribution in [-0.2, 0) is 6.54 Å². The first kappa shape index (κ1) is 16.4. The zero-order valence-corrected chi connectivity index (χ0v) is 15.1. The lowest BCUT2D eigenvalue weighted by atomic mass is 10.1. The summed E-state index contributed by atoms with van der Waals surface area (Å²) < 4.78 is 6.92. The van der Waals surface area contributed by atoms with Gasteiger partial charge in [0, 0.05) is 11.0 Å². The predicted molar refractivity (Wildman–Crippen MR) is 90.1 cm³/mol. The maximum atomic E-state index is 5.80. The molecular formula is C15H20BrN3OS. The summed E-state index contributed by atoms with van der Waals surface area (Å²) in [6.07, 6.45) is 0. The summed E-state index contributed by atoms with van der Waals surface area (Å²) in [5.74, 6) is 1.42. The minimum atomic E-state index is 0.581. The van der Waals surface area contributed by atoms with Crippen LogP contribution in [0.1, 0.15) is 30.0 Å². The number of aromatic nitrogens is 2. The van der Waals surface area contributed by atoms with E-state index in [-0.39, 0.29) is 0 Å². The molecule has 1 heterocycles. The van der Waals surface area contributed by atoms with Gasteiger partial charge in [0.05, 0.1) is 0 Å². The largest absolute Gasteiger partial charge is 0.430 e. The van der Waals surface area contributed by atoms with Crippen LogP contribution in [0.15, 0.2) is 16.6 Å². The molecule has 0 aliphatic heterocycles. The van der Waals surface area contributed by atoms with Crippen LogP contribution < -0.4 is 10.1 Å². The zero-order chi connectivity index (χ0) is 15.4. The molecule has 0 radical (unpaired) electrons. The molecule has 1 aromatic carbocycles. The molecule has 0 fully saturated rings. The highest BCUT2D eigenvalue weighted by molar-refractivity contribution is 9.10. The van der Waals surface area contributed by atoms with E-state index in [2.05, 4.69) is 45.3 Å². The van der Waals surface area contributed by atoms with Gasteiger partial charge in [0.15, 0.2) is 0 Å². The average molecular weight is 370 g/mol. The third-order valence-electron chi connectivity index (χ3n) is 2.89. The minimum absolute atomic E-state index is 0.581. The van der Waals surface area contributed by atoms with Crippen molar-refractivity contribution in [2.45, 2.75) is 34.2 Å². The van der Waals surface area contributed by atoms with Crippen molar-refractivity contribution in [3.8, 4) is 10.9 Å². The Morgan fingerprint density at radius 3 is 2.52 bits per heavy atom. The van der Waals surface area contributed by atoms with E-state index in [9.17, 15) is 0 Å². The number of rotatable bonds is 6. The molecule has 114 valence electrons. The van der Waals surface area contributed by atoms with Gasteiger partial charge in [0.1, 0.15) is 10.8 Å². The standard InChI is InChI=1S/C15H20BrN3OS/c1-9(2)7-17-8-13-18-19-15(21-13)20-12-5-10(3)14(16)11(4)6-12/h5-6,9,17H,7-8H2,1-4H3. The first-order valence-electron chi connectivity index (χ1n) is 6.93. The quantitative estimate of drug-likeness (QED) is 0.816. The smallest absolute Gasteiger partial charge is 0.299 e. The fourth-order valence-corrected chi connectivity index (χ4v) is 2.79. The van der Waals surface area contributed by atoms with E-state index in [1.807, 2.05) is 26.0 Å². The molecule has 4 nitrogen and oxygen atoms in total. The number of hydrogen-bond donors (Lipinski definition) is 1. The lowest BCUT2D eigenvalue weighted by Gasteiger charge is -2.07. The number of nitrogens with one attached hydrogen (secondary N) is 1. The zero-order valence-electron chi connectivity index (χ0n) is 12.7. The molecule has 0 unspecified atom stereocenters. The Morgan fingerprint density at radius 2 is 1.90 bits per heavy atom. The Bertz CT molecular complexity index is 590. The average Bonchev–Trinajstić information content (AvgIpc) is 2.83. The monoisotopic (exact) mass is 369 g/mol. The maximum Gasteiger partial charge on any atom is 0.299 e. The topological polar surface area (TPSA) is 47.0 Å². The van der Waals surface area contributed by atoms with Gasteiger partial charge in [-0.1, -0.05) is 46.2 Å². The third kappa shape index (κ3) is 4.76. The second kappa shape index (κ2) is 7.33. The van der Waals surface area contributed by atoms with Gasteiger partial charge in [-0.2, -0.15) is 0 Å². The van der Waals surface area contributed by atoms with Crippen molar-refractivity contribution in [3.05, 3.63) is 32.7 Å². The van der Waals surface area contributed by atoms with Gasteiger partial charge in [-0.25, -0.2) is 0 Å². The van der Waals surface area contributed by atoms with Gasteiger partial charge in [0.2, 0.25) is 0 Å². The van der Waals surface area contributed by atoms with Crippen molar-refractivity contribution < 1.29 is 4.74 Å². The lowest BCUT2D eigenvalue weighted by molar-refractivity contribution is 0.472. The van der Waals surface area contributed by atoms with Crippen molar-refractivity contribution in [2.24, 2.45) is 5.92 Å². The van der Waals surface area contributed by atoms with Crippen molar-refractivity contribution in [2.75, 3.05) is 6.54 Å². The predicted octanol–water partition coefficient (Wildman–Crippen LogP) is 4.46. The van der Waals surface area contributed by atoms with Crippen LogP contribution in [0, 0.1) is 19.8 Å². The van der Waals surface area contributed by atoms with Gasteiger partial charge in [-0.15, -0.1) is 5.10 Å². The Morgan fingerprint density at radius 1 is 1.24 bits per heavy atom. The van der Waals surface area contributed by atoms with Gasteiger partial charge in [-0.05, 0) is 49.6 Å². The molecule has 0 saturated heterocycles. The van der Waals surface area contributed by atoms with Crippen LogP contribution in [0.5, 0.6) is 10.9 Å². The van der Waals surface area contributed by atoms with Crippen LogP contribution in [-0.4, -0.2) is 16.7 Å². The fourth-order valence-electron chi connectivity index (χ4n) is 1.88. The molecule has 0 atom stereocenters. The number of benzene rings is 1. The highest BCUT2D eigenvalue weighted by Crippen LogP contribution is 2.30. The molecular weight excluding hydrogens is 350 g/mol. The van der Waals surface area contributed by atoms with E-state index in [1.165, 1.54) is 11.3 Å². The Balaban J connectivity index is 1.99. The fraction of sp³-hybridized carbons (Fsp3) is 0.467. The van der Waals surface area contributed by atoms with Crippen molar-refractivity contribution in [1.82, 2.24) is 15.5 Å². The molecule has 0 aliphatic carbocycles. The summed E-state index contributed by atoms with van der Waals surface area (Å²) in [6.45, 7) is 10.2. The van der Waals surface area contributed by atoms with Crippen LogP contribution in [0.2, 0.25) is 0 Å². The molecule has 2 rings (SSSR count). The molecule has 1 aromatic heterocycles. The summed E-state index contributed by atoms with van der Waals surface area (Å²) in [6, 6.07) is 3.99. The van der Waals surface area contributed by atoms with Crippen molar-refractivity contribution in [3.63, 3.8) is 0 Å². The van der Waals surface area contributed by atoms with Crippen LogP contribution in [0.3, 0.4) is 0 Å². The normalized spacial score (nSPS) is 11.1. The Kier molecular flexibility index (Phi) is 5.72. The van der Waals surface area contributed by atoms with E-state index in [0.717, 1.165) is 39.4 Å². The summed E-state index contributed by atoms with van der Waals surface area (Å²) in [4.78, 5) is 0. The van der Waals surface area contributed by atoms with Crippen LogP contribution >= 0.6 is 27.3 Å². The minimum Gasteiger partial charge on any atom is -0.430 e. The number of ether oxygens (including phenoxy) is 1. The van der Waals surface area contributed by atoms with Crippen LogP contribution in [0.25, 0.3) is 0 Å². The molecule has 0 saturated carbocycles. The summed E-state index contributed by atoms with van der Waals surface area (Å²) in [7, 11) is 0. The Labute approximate surface area is 138 Å². The van der Waals surface area contributed by atoms with E-state index in [1.54, 1.807) is 0 Å². The molecule has 6 heteroatoms. The molecule has 0 amide bonds. The molecule has 2 aromatic rings. The first-order valence-corrected chi connectivity index (χ1v) is 8.54. The molecule has 0 spiro atoms. The van der Waals surface area contributed by atoms with Gasteiger partial charge in [-0.3, -0.25) is 0 Å². The second-order valence-electron chi connectivity index (χ2n) is 5.46. The number of aryl methyl sites for hydroxylation is 2. The van der Waals surface area contributed by atoms with E-state index in [4.69, 9.17) is 4.74 Å². The van der Waals surface area contributed by atoms with E-state index < -0.39 is 0 Å². The maximum absolute atomic E-state index is 5.80. The van der Waals surface area contributed by atoms with E-state index >= 15 is 0 Å². The summed E-state index contributed by atoms with van der Waals surface area (Å²) >= 11 is 5.03. The molecule has 21 heavy (non-hydrogen) atoms. The lowest BCUT2D eigenvalue weighted by Crippen LogP contribution is -2.18. The van der Waals surface area contributed by atoms with Gasteiger partial charge in [0.25, 0.3) is 5.19 Å². The molecule has 1 N–H and O–H groups in total. The van der Waals surface area contributed by atoms with Crippen molar-refractivity contribution in [1.29, 1.82) is 0 Å². The van der Waals surface area contributed by atoms with Crippen LogP contribution in [0.4, 0.5) is 0 Å². The number of nitrogens with zero attached hydrogens (tertiary/aromatic N) is 2. The second-order valence-corrected chi connectivity index (χ2v) is 7.28. The highest BCUT2D eigenvalue weighted by atomic mass is 79.9. The highest BCUT2D eigenvalue weighted by Gasteiger charge is 2.09. The van der Waals surface area contributed by atoms with Gasteiger partial charge < -0.3 is 10.1 Å². The SMILES string of the molecule is Cc1cc(Oc2nnc(CNCC(C)C)s2)cc(C)c1Br. The van der Waals surface area contributed by atoms with Gasteiger partial charge >= 0.3 is 0 Å².